The molecule has 3 N–H and O–H groups in total. The van der Waals surface area contributed by atoms with E-state index < -0.39 is 0 Å². The number of fused-ring (bicyclic) bond motifs is 1. The molecule has 0 bridgehead atoms. The Bertz CT molecular complexity index is 842. The first kappa shape index (κ1) is 16.8. The van der Waals surface area contributed by atoms with Crippen LogP contribution >= 0.6 is 39.1 Å². The monoisotopic (exact) mass is 410 g/mol. The molecule has 1 heterocycles. The summed E-state index contributed by atoms with van der Waals surface area (Å²) in [5, 5.41) is 2.60. The maximum Gasteiger partial charge on any atom is 0.0607 e. The van der Waals surface area contributed by atoms with E-state index in [4.69, 9.17) is 28.9 Å². The molecule has 3 rings (SSSR count). The summed E-state index contributed by atoms with van der Waals surface area (Å²) in [6, 6.07) is 11.8. The summed E-state index contributed by atoms with van der Waals surface area (Å²) in [6.45, 7) is 0.708. The summed E-state index contributed by atoms with van der Waals surface area (Å²) in [7, 11) is 0. The molecule has 0 unspecified atom stereocenters. The van der Waals surface area contributed by atoms with Crippen LogP contribution in [0.4, 0.5) is 0 Å². The van der Waals surface area contributed by atoms with Gasteiger partial charge in [-0.05, 0) is 77.1 Å². The number of benzene rings is 2. The number of aromatic amines is 1. The lowest BCUT2D eigenvalue weighted by Crippen LogP contribution is -1.99. The van der Waals surface area contributed by atoms with E-state index in [0.29, 0.717) is 6.54 Å². The Balaban J connectivity index is 2.19. The van der Waals surface area contributed by atoms with Crippen LogP contribution in [0.2, 0.25) is 10.0 Å². The molecule has 0 atom stereocenters. The van der Waals surface area contributed by atoms with Gasteiger partial charge < -0.3 is 10.7 Å². The number of aryl methyl sites for hydroxylation is 1. The molecular formula is C18H17BrCl2N2. The van der Waals surface area contributed by atoms with Crippen molar-refractivity contribution in [2.24, 2.45) is 5.73 Å². The Kier molecular flexibility index (Phi) is 5.32. The number of H-pyrrole nitrogens is 1. The van der Waals surface area contributed by atoms with E-state index in [1.165, 1.54) is 5.56 Å². The molecule has 0 saturated carbocycles. The van der Waals surface area contributed by atoms with Crippen LogP contribution in [0.5, 0.6) is 0 Å². The molecule has 1 aromatic heterocycles. The maximum absolute atomic E-state index is 6.25. The molecule has 0 saturated heterocycles. The van der Waals surface area contributed by atoms with E-state index in [2.05, 4.69) is 27.0 Å². The smallest absolute Gasteiger partial charge is 0.0607 e. The molecule has 0 aliphatic rings. The second kappa shape index (κ2) is 7.27. The number of unbranched alkanes of at least 4 members (excludes halogenated alkanes) is 1. The summed E-state index contributed by atoms with van der Waals surface area (Å²) in [5.41, 5.74) is 10.2. The highest BCUT2D eigenvalue weighted by atomic mass is 79.9. The fraction of sp³-hybridized carbons (Fsp3) is 0.222. The highest BCUT2D eigenvalue weighted by Crippen LogP contribution is 2.37. The van der Waals surface area contributed by atoms with Crippen molar-refractivity contribution in [3.8, 4) is 11.3 Å². The van der Waals surface area contributed by atoms with Crippen LogP contribution in [0.1, 0.15) is 18.4 Å². The summed E-state index contributed by atoms with van der Waals surface area (Å²) in [5.74, 6) is 0. The van der Waals surface area contributed by atoms with Gasteiger partial charge in [-0.2, -0.15) is 0 Å². The van der Waals surface area contributed by atoms with Crippen molar-refractivity contribution in [1.82, 2.24) is 4.98 Å². The molecule has 0 aliphatic carbocycles. The van der Waals surface area contributed by atoms with Crippen molar-refractivity contribution in [3.05, 3.63) is 56.5 Å². The lowest BCUT2D eigenvalue weighted by Gasteiger charge is -2.06. The lowest BCUT2D eigenvalue weighted by molar-refractivity contribution is 0.748. The van der Waals surface area contributed by atoms with Crippen LogP contribution in [0.15, 0.2) is 40.9 Å². The van der Waals surface area contributed by atoms with Crippen LogP contribution in [0.25, 0.3) is 22.2 Å². The van der Waals surface area contributed by atoms with Crippen molar-refractivity contribution in [2.75, 3.05) is 6.54 Å². The molecule has 0 radical (unpaired) electrons. The van der Waals surface area contributed by atoms with Crippen molar-refractivity contribution < 1.29 is 0 Å². The van der Waals surface area contributed by atoms with Crippen molar-refractivity contribution in [3.63, 3.8) is 0 Å². The molecular weight excluding hydrogens is 395 g/mol. The van der Waals surface area contributed by atoms with Crippen molar-refractivity contribution in [1.29, 1.82) is 0 Å². The predicted molar refractivity (Wildman–Crippen MR) is 103 cm³/mol. The van der Waals surface area contributed by atoms with Gasteiger partial charge in [-0.1, -0.05) is 35.3 Å². The Hall–Kier alpha value is -1.00. The standard InChI is InChI=1S/C18H17BrCl2N2/c19-16-10-13(21)9-15-14(6-1-2-7-22)17(23-18(15)16)11-4-3-5-12(20)8-11/h3-5,8-10,23H,1-2,6-7,22H2. The topological polar surface area (TPSA) is 41.8 Å². The number of nitrogens with one attached hydrogen (secondary N) is 1. The quantitative estimate of drug-likeness (QED) is 0.483. The summed E-state index contributed by atoms with van der Waals surface area (Å²) in [4.78, 5) is 3.53. The average Bonchev–Trinajstić information content (AvgIpc) is 2.87. The van der Waals surface area contributed by atoms with E-state index in [1.807, 2.05) is 30.3 Å². The van der Waals surface area contributed by atoms with Gasteiger partial charge in [-0.15, -0.1) is 0 Å². The molecule has 2 nitrogen and oxygen atoms in total. The van der Waals surface area contributed by atoms with Crippen LogP contribution in [0.3, 0.4) is 0 Å². The molecule has 120 valence electrons. The Morgan fingerprint density at radius 2 is 1.87 bits per heavy atom. The van der Waals surface area contributed by atoms with Gasteiger partial charge in [-0.25, -0.2) is 0 Å². The third kappa shape index (κ3) is 3.58. The summed E-state index contributed by atoms with van der Waals surface area (Å²) < 4.78 is 0.966. The van der Waals surface area contributed by atoms with E-state index in [9.17, 15) is 0 Å². The zero-order valence-electron chi connectivity index (χ0n) is 12.5. The van der Waals surface area contributed by atoms with Crippen LogP contribution < -0.4 is 5.73 Å². The normalized spacial score (nSPS) is 11.3. The minimum atomic E-state index is 0.708. The van der Waals surface area contributed by atoms with Crippen LogP contribution in [-0.2, 0) is 6.42 Å². The number of halogens is 3. The van der Waals surface area contributed by atoms with Crippen molar-refractivity contribution >= 4 is 50.0 Å². The first-order chi connectivity index (χ1) is 11.1. The lowest BCUT2D eigenvalue weighted by atomic mass is 10.0. The first-order valence-electron chi connectivity index (χ1n) is 7.55. The third-order valence-corrected chi connectivity index (χ3v) is 5.00. The maximum atomic E-state index is 6.25. The summed E-state index contributed by atoms with van der Waals surface area (Å²) >= 11 is 16.0. The molecule has 0 fully saturated rings. The van der Waals surface area contributed by atoms with Gasteiger partial charge in [0.15, 0.2) is 0 Å². The second-order valence-corrected chi connectivity index (χ2v) is 7.27. The number of rotatable bonds is 5. The largest absolute Gasteiger partial charge is 0.353 e. The van der Waals surface area contributed by atoms with Gasteiger partial charge in [0.2, 0.25) is 0 Å². The number of nitrogens with two attached hydrogens (primary N) is 1. The molecule has 23 heavy (non-hydrogen) atoms. The first-order valence-corrected chi connectivity index (χ1v) is 9.10. The number of hydrogen-bond acceptors (Lipinski definition) is 1. The zero-order chi connectivity index (χ0) is 16.4. The highest BCUT2D eigenvalue weighted by molar-refractivity contribution is 9.10. The van der Waals surface area contributed by atoms with Gasteiger partial charge in [0.1, 0.15) is 0 Å². The molecule has 0 spiro atoms. The predicted octanol–water partition coefficient (Wildman–Crippen LogP) is 6.19. The number of hydrogen-bond donors (Lipinski definition) is 2. The van der Waals surface area contributed by atoms with Crippen LogP contribution in [0, 0.1) is 0 Å². The minimum Gasteiger partial charge on any atom is -0.353 e. The second-order valence-electron chi connectivity index (χ2n) is 5.54. The molecule has 5 heteroatoms. The van der Waals surface area contributed by atoms with Gasteiger partial charge >= 0.3 is 0 Å². The van der Waals surface area contributed by atoms with Crippen LogP contribution in [-0.4, -0.2) is 11.5 Å². The average molecular weight is 412 g/mol. The van der Waals surface area contributed by atoms with E-state index >= 15 is 0 Å². The van der Waals surface area contributed by atoms with E-state index in [-0.39, 0.29) is 0 Å². The fourth-order valence-electron chi connectivity index (χ4n) is 2.87. The minimum absolute atomic E-state index is 0.708. The van der Waals surface area contributed by atoms with Gasteiger partial charge in [0.25, 0.3) is 0 Å². The van der Waals surface area contributed by atoms with Crippen molar-refractivity contribution in [2.45, 2.75) is 19.3 Å². The number of aromatic nitrogens is 1. The Morgan fingerprint density at radius 3 is 2.61 bits per heavy atom. The van der Waals surface area contributed by atoms with Gasteiger partial charge in [-0.3, -0.25) is 0 Å². The highest BCUT2D eigenvalue weighted by Gasteiger charge is 2.15. The Morgan fingerprint density at radius 1 is 1.04 bits per heavy atom. The summed E-state index contributed by atoms with van der Waals surface area (Å²) in [6.07, 6.45) is 3.00. The molecule has 0 amide bonds. The third-order valence-electron chi connectivity index (χ3n) is 3.93. The molecule has 2 aromatic carbocycles. The van der Waals surface area contributed by atoms with E-state index in [0.717, 1.165) is 55.9 Å². The zero-order valence-corrected chi connectivity index (χ0v) is 15.6. The van der Waals surface area contributed by atoms with Gasteiger partial charge in [0.05, 0.1) is 5.52 Å². The molecule has 0 aliphatic heterocycles. The SMILES string of the molecule is NCCCCc1c(-c2cccc(Cl)c2)[nH]c2c(Br)cc(Cl)cc12. The fourth-order valence-corrected chi connectivity index (χ4v) is 3.97. The van der Waals surface area contributed by atoms with E-state index in [1.54, 1.807) is 0 Å². The molecule has 3 aromatic rings. The Labute approximate surface area is 154 Å². The van der Waals surface area contributed by atoms with Gasteiger partial charge in [0, 0.05) is 25.6 Å².